The van der Waals surface area contributed by atoms with Gasteiger partial charge < -0.3 is 10.6 Å². The highest BCUT2D eigenvalue weighted by atomic mass is 32.1. The summed E-state index contributed by atoms with van der Waals surface area (Å²) in [6.07, 6.45) is 8.58. The lowest BCUT2D eigenvalue weighted by molar-refractivity contribution is 0.333. The largest absolute Gasteiger partial charge is 0.366 e. The Hall–Kier alpha value is -0.0931. The third-order valence-corrected chi connectivity index (χ3v) is 5.42. The van der Waals surface area contributed by atoms with Gasteiger partial charge in [-0.15, -0.1) is 0 Å². The van der Waals surface area contributed by atoms with Gasteiger partial charge in [-0.2, -0.15) is 0 Å². The third kappa shape index (κ3) is 4.98. The maximum absolute atomic E-state index is 5.03. The van der Waals surface area contributed by atoms with Gasteiger partial charge in [-0.25, -0.2) is 0 Å². The molecule has 0 aromatic carbocycles. The zero-order valence-electron chi connectivity index (χ0n) is 10.0. The molecule has 2 nitrogen and oxygen atoms in total. The average molecular weight is 244 g/mol. The van der Waals surface area contributed by atoms with Crippen molar-refractivity contribution in [3.63, 3.8) is 0 Å². The Morgan fingerprint density at radius 1 is 1.40 bits per heavy atom. The summed E-state index contributed by atoms with van der Waals surface area (Å²) < 4.78 is 0. The van der Waals surface area contributed by atoms with Gasteiger partial charge in [0.15, 0.2) is 5.11 Å². The smallest absolute Gasteiger partial charge is 0.166 e. The van der Waals surface area contributed by atoms with Crippen LogP contribution in [0.1, 0.15) is 38.5 Å². The van der Waals surface area contributed by atoms with E-state index in [1.54, 1.807) is 0 Å². The van der Waals surface area contributed by atoms with E-state index in [1.165, 1.54) is 48.8 Å². The lowest BCUT2D eigenvalue weighted by Crippen LogP contribution is -2.33. The molecule has 2 N–H and O–H groups in total. The van der Waals surface area contributed by atoms with Crippen LogP contribution in [0.25, 0.3) is 0 Å². The molecule has 1 rings (SSSR count). The highest BCUT2D eigenvalue weighted by molar-refractivity contribution is 7.80. The van der Waals surface area contributed by atoms with Crippen LogP contribution >= 0.6 is 12.2 Å². The number of hydrogen-bond donors (Lipinski definition) is 2. The predicted octanol–water partition coefficient (Wildman–Crippen LogP) is 1.20. The van der Waals surface area contributed by atoms with Gasteiger partial charge in [-0.3, -0.25) is 0 Å². The van der Waals surface area contributed by atoms with Crippen molar-refractivity contribution in [1.29, 1.82) is 0 Å². The fraction of sp³-hybridized carbons (Fsp3) is 0.909. The van der Waals surface area contributed by atoms with Crippen molar-refractivity contribution in [3.8, 4) is 0 Å². The summed E-state index contributed by atoms with van der Waals surface area (Å²) in [5.74, 6) is 1.02. The first-order valence-corrected chi connectivity index (χ1v) is 7.76. The van der Waals surface area contributed by atoms with Crippen molar-refractivity contribution in [2.45, 2.75) is 44.1 Å². The maximum Gasteiger partial charge on any atom is 0.166 e. The second-order valence-corrected chi connectivity index (χ2v) is 6.56. The Balaban J connectivity index is 2.06. The van der Waals surface area contributed by atoms with E-state index in [4.69, 9.17) is 12.2 Å². The molecule has 0 aromatic rings. The van der Waals surface area contributed by atoms with E-state index >= 15 is 0 Å². The third-order valence-electron chi connectivity index (χ3n) is 3.55. The normalized spacial score (nSPS) is 26.2. The van der Waals surface area contributed by atoms with E-state index < -0.39 is 0 Å². The first-order valence-electron chi connectivity index (χ1n) is 6.19. The molecule has 1 aliphatic rings. The van der Waals surface area contributed by atoms with Gasteiger partial charge in [-0.1, -0.05) is 31.2 Å². The molecule has 1 saturated carbocycles. The van der Waals surface area contributed by atoms with E-state index in [9.17, 15) is 0 Å². The second-order valence-electron chi connectivity index (χ2n) is 4.67. The first kappa shape index (κ1) is 13.0. The SMILES string of the molecule is CNC(=S)NCCCC1CCCCC1[SiH3]. The van der Waals surface area contributed by atoms with Crippen LogP contribution in [-0.4, -0.2) is 28.9 Å². The van der Waals surface area contributed by atoms with Crippen LogP contribution in [0.5, 0.6) is 0 Å². The van der Waals surface area contributed by atoms with Crippen LogP contribution in [-0.2, 0) is 0 Å². The van der Waals surface area contributed by atoms with Crippen LogP contribution in [0.15, 0.2) is 0 Å². The zero-order chi connectivity index (χ0) is 11.1. The molecule has 0 saturated heterocycles. The number of thiocarbonyl (C=S) groups is 1. The van der Waals surface area contributed by atoms with Gasteiger partial charge in [0, 0.05) is 23.8 Å². The van der Waals surface area contributed by atoms with Crippen molar-refractivity contribution in [2.24, 2.45) is 5.92 Å². The number of hydrogen-bond acceptors (Lipinski definition) is 1. The zero-order valence-corrected chi connectivity index (χ0v) is 12.8. The second kappa shape index (κ2) is 7.22. The lowest BCUT2D eigenvalue weighted by Gasteiger charge is -2.28. The summed E-state index contributed by atoms with van der Waals surface area (Å²) in [5, 5.41) is 6.94. The molecule has 1 aliphatic carbocycles. The maximum atomic E-state index is 5.03. The highest BCUT2D eigenvalue weighted by Crippen LogP contribution is 2.34. The van der Waals surface area contributed by atoms with Gasteiger partial charge >= 0.3 is 0 Å². The van der Waals surface area contributed by atoms with Crippen molar-refractivity contribution in [1.82, 2.24) is 10.6 Å². The van der Waals surface area contributed by atoms with E-state index in [0.717, 1.165) is 23.1 Å². The lowest BCUT2D eigenvalue weighted by atomic mass is 9.85. The molecular formula is C11H24N2SSi. The Morgan fingerprint density at radius 2 is 2.13 bits per heavy atom. The molecular weight excluding hydrogens is 220 g/mol. The minimum atomic E-state index is 0.779. The van der Waals surface area contributed by atoms with Crippen LogP contribution in [0.4, 0.5) is 0 Å². The van der Waals surface area contributed by atoms with Crippen molar-refractivity contribution in [3.05, 3.63) is 0 Å². The Labute approximate surface area is 102 Å². The quantitative estimate of drug-likeness (QED) is 0.441. The Bertz CT molecular complexity index is 199. The average Bonchev–Trinajstić information content (AvgIpc) is 2.26. The molecule has 4 heteroatoms. The first-order chi connectivity index (χ1) is 7.24. The van der Waals surface area contributed by atoms with Crippen molar-refractivity contribution < 1.29 is 0 Å². The van der Waals surface area contributed by atoms with E-state index in [1.807, 2.05) is 7.05 Å². The van der Waals surface area contributed by atoms with Crippen LogP contribution in [0.2, 0.25) is 5.54 Å². The molecule has 2 unspecified atom stereocenters. The number of rotatable bonds is 4. The molecule has 0 aromatic heterocycles. The molecule has 88 valence electrons. The summed E-state index contributed by atoms with van der Waals surface area (Å²) in [7, 11) is 3.26. The predicted molar refractivity (Wildman–Crippen MR) is 74.5 cm³/mol. The summed E-state index contributed by atoms with van der Waals surface area (Å²) in [4.78, 5) is 0. The standard InChI is InChI=1S/C11H24N2SSi/c1-12-11(14)13-8-4-6-9-5-2-3-7-10(9)15/h9-10H,2-8H2,1,15H3,(H2,12,13,14). The summed E-state index contributed by atoms with van der Waals surface area (Å²) in [6.45, 7) is 1.03. The summed E-state index contributed by atoms with van der Waals surface area (Å²) in [5.41, 5.74) is 1.08. The van der Waals surface area contributed by atoms with Gasteiger partial charge in [0.1, 0.15) is 0 Å². The minimum Gasteiger partial charge on any atom is -0.366 e. The van der Waals surface area contributed by atoms with Crippen LogP contribution in [0, 0.1) is 5.92 Å². The van der Waals surface area contributed by atoms with E-state index in [-0.39, 0.29) is 0 Å². The highest BCUT2D eigenvalue weighted by Gasteiger charge is 2.20. The van der Waals surface area contributed by atoms with E-state index in [0.29, 0.717) is 0 Å². The molecule has 0 amide bonds. The Morgan fingerprint density at radius 3 is 2.80 bits per heavy atom. The number of nitrogens with one attached hydrogen (secondary N) is 2. The molecule has 0 spiro atoms. The van der Waals surface area contributed by atoms with E-state index in [2.05, 4.69) is 10.6 Å². The monoisotopic (exact) mass is 244 g/mol. The molecule has 0 heterocycles. The van der Waals surface area contributed by atoms with Crippen LogP contribution in [0.3, 0.4) is 0 Å². The van der Waals surface area contributed by atoms with Gasteiger partial charge in [0.25, 0.3) is 0 Å². The molecule has 0 bridgehead atoms. The molecule has 15 heavy (non-hydrogen) atoms. The van der Waals surface area contributed by atoms with Gasteiger partial charge in [-0.05, 0) is 31.0 Å². The van der Waals surface area contributed by atoms with Crippen molar-refractivity contribution >= 4 is 27.6 Å². The Kier molecular flexibility index (Phi) is 6.25. The minimum absolute atomic E-state index is 0.779. The fourth-order valence-corrected chi connectivity index (χ4v) is 3.65. The molecule has 2 atom stereocenters. The topological polar surface area (TPSA) is 24.1 Å². The summed E-state index contributed by atoms with van der Waals surface area (Å²) in [6, 6.07) is 0. The van der Waals surface area contributed by atoms with Gasteiger partial charge in [0.2, 0.25) is 0 Å². The molecule has 0 aliphatic heterocycles. The van der Waals surface area contributed by atoms with Crippen LogP contribution < -0.4 is 10.6 Å². The fourth-order valence-electron chi connectivity index (χ4n) is 2.48. The summed E-state index contributed by atoms with van der Waals surface area (Å²) >= 11 is 5.03. The van der Waals surface area contributed by atoms with Crippen molar-refractivity contribution in [2.75, 3.05) is 13.6 Å². The molecule has 0 radical (unpaired) electrons. The van der Waals surface area contributed by atoms with Gasteiger partial charge in [0.05, 0.1) is 0 Å². The molecule has 1 fully saturated rings.